The van der Waals surface area contributed by atoms with Gasteiger partial charge in [0.1, 0.15) is 0 Å². The van der Waals surface area contributed by atoms with E-state index in [1.165, 1.54) is 0 Å². The molecular weight excluding hydrogens is 225 g/mol. The zero-order chi connectivity index (χ0) is 9.90. The molecule has 0 aromatic heterocycles. The topological polar surface area (TPSA) is 12.4 Å². The summed E-state index contributed by atoms with van der Waals surface area (Å²) in [6.45, 7) is 6.27. The van der Waals surface area contributed by atoms with E-state index < -0.39 is 0 Å². The number of rotatable bonds is 1. The summed E-state index contributed by atoms with van der Waals surface area (Å²) < 4.78 is 0.980. The van der Waals surface area contributed by atoms with E-state index in [9.17, 15) is 0 Å². The minimum absolute atomic E-state index is 0.0174. The van der Waals surface area contributed by atoms with E-state index >= 15 is 0 Å². The van der Waals surface area contributed by atoms with Crippen molar-refractivity contribution in [2.75, 3.05) is 0 Å². The fraction of sp³-hybridized carbons (Fsp3) is 0.364. The average Bonchev–Trinajstić information content (AvgIpc) is 2.03. The molecule has 1 aromatic carbocycles. The van der Waals surface area contributed by atoms with Gasteiger partial charge in [-0.3, -0.25) is 0 Å². The van der Waals surface area contributed by atoms with Crippen LogP contribution in [0.15, 0.2) is 35.3 Å². The van der Waals surface area contributed by atoms with Crippen molar-refractivity contribution in [2.24, 2.45) is 4.99 Å². The van der Waals surface area contributed by atoms with Gasteiger partial charge in [-0.1, -0.05) is 0 Å². The fourth-order valence-corrected chi connectivity index (χ4v) is 1.81. The van der Waals surface area contributed by atoms with Crippen molar-refractivity contribution in [3.63, 3.8) is 0 Å². The molecule has 0 spiro atoms. The van der Waals surface area contributed by atoms with Gasteiger partial charge in [0.15, 0.2) is 0 Å². The normalized spacial score (nSPS) is 13.0. The number of nitrogens with zero attached hydrogens (tertiary/aromatic N) is 1. The van der Waals surface area contributed by atoms with Gasteiger partial charge in [0.05, 0.1) is 0 Å². The maximum atomic E-state index is 4.54. The monoisotopic (exact) mass is 240 g/mol. The van der Waals surface area contributed by atoms with E-state index in [2.05, 4.69) is 53.9 Å². The van der Waals surface area contributed by atoms with Gasteiger partial charge < -0.3 is 0 Å². The molecule has 0 unspecified atom stereocenters. The Morgan fingerprint density at radius 2 is 1.69 bits per heavy atom. The first-order valence-electron chi connectivity index (χ1n) is 4.31. The van der Waals surface area contributed by atoms with Crippen molar-refractivity contribution in [3.05, 3.63) is 35.9 Å². The van der Waals surface area contributed by atoms with Crippen LogP contribution in [-0.2, 0) is 0 Å². The Hall–Kier alpha value is -0.591. The molecule has 0 saturated heterocycles. The molecule has 1 radical (unpaired) electrons. The zero-order valence-corrected chi connectivity index (χ0v) is 9.96. The van der Waals surface area contributed by atoms with Crippen molar-refractivity contribution in [1.82, 2.24) is 0 Å². The Labute approximate surface area is 88.1 Å². The number of hydrogen-bond acceptors (Lipinski definition) is 1. The third-order valence-corrected chi connectivity index (χ3v) is 2.14. The minimum atomic E-state index is -0.0174. The molecule has 1 nitrogen and oxygen atoms in total. The van der Waals surface area contributed by atoms with Gasteiger partial charge in [0.25, 0.3) is 0 Å². The standard InChI is InChI=1S/C11H14NSe/c1-11(2,3)12-10(13)9-7-5-4-6-8-9/h4-8H,1-3H3. The SMILES string of the molecule is CC(C)(C)N=C([Se])c1ccccc1. The van der Waals surface area contributed by atoms with Crippen LogP contribution in [0, 0.1) is 0 Å². The molecule has 0 bridgehead atoms. The summed E-state index contributed by atoms with van der Waals surface area (Å²) in [4.78, 5) is 4.54. The average molecular weight is 239 g/mol. The summed E-state index contributed by atoms with van der Waals surface area (Å²) in [6, 6.07) is 10.2. The van der Waals surface area contributed by atoms with Crippen molar-refractivity contribution in [3.8, 4) is 0 Å². The third-order valence-electron chi connectivity index (χ3n) is 1.46. The quantitative estimate of drug-likeness (QED) is 0.527. The molecule has 1 aromatic rings. The van der Waals surface area contributed by atoms with Crippen LogP contribution in [0.1, 0.15) is 26.3 Å². The third kappa shape index (κ3) is 3.75. The summed E-state index contributed by atoms with van der Waals surface area (Å²) in [5, 5.41) is 0. The van der Waals surface area contributed by atoms with Crippen molar-refractivity contribution in [2.45, 2.75) is 26.3 Å². The molecule has 0 amide bonds. The van der Waals surface area contributed by atoms with E-state index in [1.807, 2.05) is 18.2 Å². The summed E-state index contributed by atoms with van der Waals surface area (Å²) in [7, 11) is 0. The van der Waals surface area contributed by atoms with E-state index in [-0.39, 0.29) is 5.54 Å². The molecule has 2 heteroatoms. The molecule has 69 valence electrons. The second kappa shape index (κ2) is 4.08. The summed E-state index contributed by atoms with van der Waals surface area (Å²) in [5.41, 5.74) is 1.13. The van der Waals surface area contributed by atoms with Crippen molar-refractivity contribution in [1.29, 1.82) is 0 Å². The number of hydrogen-bond donors (Lipinski definition) is 0. The Balaban J connectivity index is 2.92. The molecule has 0 saturated carbocycles. The van der Waals surface area contributed by atoms with Gasteiger partial charge >= 0.3 is 87.8 Å². The van der Waals surface area contributed by atoms with Crippen LogP contribution in [0.3, 0.4) is 0 Å². The van der Waals surface area contributed by atoms with Crippen molar-refractivity contribution < 1.29 is 0 Å². The van der Waals surface area contributed by atoms with Crippen LogP contribution in [0.4, 0.5) is 0 Å². The number of aliphatic imine (C=N–C) groups is 1. The molecule has 0 atom stereocenters. The molecule has 13 heavy (non-hydrogen) atoms. The van der Waals surface area contributed by atoms with Gasteiger partial charge in [-0.05, 0) is 0 Å². The summed E-state index contributed by atoms with van der Waals surface area (Å²) in [6.07, 6.45) is 0. The molecule has 0 aliphatic rings. The molecular formula is C11H14NSe. The van der Waals surface area contributed by atoms with Gasteiger partial charge in [-0.2, -0.15) is 0 Å². The van der Waals surface area contributed by atoms with E-state index in [4.69, 9.17) is 0 Å². The molecule has 0 heterocycles. The summed E-state index contributed by atoms with van der Waals surface area (Å²) >= 11 is 3.00. The predicted molar refractivity (Wildman–Crippen MR) is 58.5 cm³/mol. The van der Waals surface area contributed by atoms with Crippen LogP contribution >= 0.6 is 0 Å². The van der Waals surface area contributed by atoms with Gasteiger partial charge in [-0.15, -0.1) is 0 Å². The van der Waals surface area contributed by atoms with E-state index in [1.54, 1.807) is 0 Å². The molecule has 0 fully saturated rings. The second-order valence-corrected chi connectivity index (χ2v) is 4.77. The molecule has 0 N–H and O–H groups in total. The fourth-order valence-electron chi connectivity index (χ4n) is 0.950. The molecule has 0 aliphatic heterocycles. The molecule has 1 rings (SSSR count). The van der Waals surface area contributed by atoms with Crippen LogP contribution in [-0.4, -0.2) is 26.2 Å². The van der Waals surface area contributed by atoms with Gasteiger partial charge in [0, 0.05) is 0 Å². The van der Waals surface area contributed by atoms with Crippen molar-refractivity contribution >= 4 is 20.6 Å². The van der Waals surface area contributed by atoms with Crippen LogP contribution < -0.4 is 0 Å². The van der Waals surface area contributed by atoms with E-state index in [0.717, 1.165) is 10.2 Å². The Morgan fingerprint density at radius 3 is 2.15 bits per heavy atom. The van der Waals surface area contributed by atoms with Crippen LogP contribution in [0.5, 0.6) is 0 Å². The Kier molecular flexibility index (Phi) is 3.29. The first-order chi connectivity index (χ1) is 5.99. The van der Waals surface area contributed by atoms with Crippen LogP contribution in [0.25, 0.3) is 0 Å². The predicted octanol–water partition coefficient (Wildman–Crippen LogP) is 2.40. The first-order valence-corrected chi connectivity index (χ1v) is 5.17. The van der Waals surface area contributed by atoms with Gasteiger partial charge in [-0.25, -0.2) is 0 Å². The zero-order valence-electron chi connectivity index (χ0n) is 8.24. The Bertz CT molecular complexity index is 296. The number of benzene rings is 1. The van der Waals surface area contributed by atoms with E-state index in [0.29, 0.717) is 0 Å². The Morgan fingerprint density at radius 1 is 1.15 bits per heavy atom. The first kappa shape index (κ1) is 10.5. The summed E-state index contributed by atoms with van der Waals surface area (Å²) in [5.74, 6) is 0. The second-order valence-electron chi connectivity index (χ2n) is 3.95. The maximum absolute atomic E-state index is 4.54. The molecule has 0 aliphatic carbocycles. The van der Waals surface area contributed by atoms with Gasteiger partial charge in [0.2, 0.25) is 0 Å². The van der Waals surface area contributed by atoms with Crippen LogP contribution in [0.2, 0.25) is 0 Å².